The molecule has 20 heavy (non-hydrogen) atoms. The molecule has 0 saturated heterocycles. The van der Waals surface area contributed by atoms with Crippen LogP contribution in [0, 0.1) is 0 Å². The summed E-state index contributed by atoms with van der Waals surface area (Å²) in [5, 5.41) is 0.960. The largest absolute Gasteiger partial charge is 0.331 e. The fourth-order valence-electron chi connectivity index (χ4n) is 2.58. The monoisotopic (exact) mass is 261 g/mol. The van der Waals surface area contributed by atoms with E-state index in [4.69, 9.17) is 0 Å². The fraction of sp³-hybridized carbons (Fsp3) is 0. The molecule has 2 aromatic heterocycles. The van der Waals surface area contributed by atoms with Gasteiger partial charge in [-0.05, 0) is 36.4 Å². The van der Waals surface area contributed by atoms with Crippen LogP contribution in [0.25, 0.3) is 27.6 Å². The second kappa shape index (κ2) is 4.06. The highest BCUT2D eigenvalue weighted by molar-refractivity contribution is 5.89. The summed E-state index contributed by atoms with van der Waals surface area (Å²) in [5.74, 6) is 0. The normalized spacial score (nSPS) is 11.2. The fourth-order valence-corrected chi connectivity index (χ4v) is 2.58. The minimum atomic E-state index is -0.137. The standard InChI is InChI=1S/C16H11N3O/c20-16-18-13-6-1-2-8-15(13)19(16)14-9-3-7-12-11(14)5-4-10-17-12/h1-10H,(H,18,20). The van der Waals surface area contributed by atoms with Crippen molar-refractivity contribution in [3.63, 3.8) is 0 Å². The van der Waals surface area contributed by atoms with E-state index in [1.165, 1.54) is 0 Å². The van der Waals surface area contributed by atoms with Gasteiger partial charge in [0.1, 0.15) is 0 Å². The van der Waals surface area contributed by atoms with Crippen LogP contribution in [-0.2, 0) is 0 Å². The average molecular weight is 261 g/mol. The van der Waals surface area contributed by atoms with Crippen molar-refractivity contribution >= 4 is 21.9 Å². The molecule has 96 valence electrons. The van der Waals surface area contributed by atoms with Crippen LogP contribution in [0.1, 0.15) is 0 Å². The second-order valence-electron chi connectivity index (χ2n) is 4.63. The quantitative estimate of drug-likeness (QED) is 0.572. The van der Waals surface area contributed by atoms with Gasteiger partial charge in [-0.15, -0.1) is 0 Å². The van der Waals surface area contributed by atoms with Gasteiger partial charge in [-0.1, -0.05) is 18.2 Å². The molecule has 2 heterocycles. The number of aromatic amines is 1. The van der Waals surface area contributed by atoms with Gasteiger partial charge in [0.25, 0.3) is 0 Å². The van der Waals surface area contributed by atoms with Crippen molar-refractivity contribution in [2.24, 2.45) is 0 Å². The SMILES string of the molecule is O=c1[nH]c2ccccc2n1-c1cccc2ncccc12. The lowest BCUT2D eigenvalue weighted by Gasteiger charge is -2.07. The number of pyridine rings is 1. The zero-order valence-corrected chi connectivity index (χ0v) is 10.6. The number of fused-ring (bicyclic) bond motifs is 2. The third-order valence-electron chi connectivity index (χ3n) is 3.45. The van der Waals surface area contributed by atoms with Crippen molar-refractivity contribution in [2.45, 2.75) is 0 Å². The number of H-pyrrole nitrogens is 1. The zero-order valence-electron chi connectivity index (χ0n) is 10.6. The first kappa shape index (κ1) is 11.0. The number of hydrogen-bond acceptors (Lipinski definition) is 2. The van der Waals surface area contributed by atoms with Crippen molar-refractivity contribution in [3.8, 4) is 5.69 Å². The number of nitrogens with one attached hydrogen (secondary N) is 1. The van der Waals surface area contributed by atoms with Gasteiger partial charge in [-0.2, -0.15) is 0 Å². The smallest absolute Gasteiger partial charge is 0.305 e. The van der Waals surface area contributed by atoms with E-state index in [2.05, 4.69) is 9.97 Å². The van der Waals surface area contributed by atoms with Crippen LogP contribution >= 0.6 is 0 Å². The molecule has 0 radical (unpaired) electrons. The highest BCUT2D eigenvalue weighted by atomic mass is 16.1. The van der Waals surface area contributed by atoms with Gasteiger partial charge >= 0.3 is 5.69 Å². The molecule has 4 nitrogen and oxygen atoms in total. The van der Waals surface area contributed by atoms with Crippen LogP contribution in [0.3, 0.4) is 0 Å². The molecule has 0 aliphatic heterocycles. The minimum absolute atomic E-state index is 0.137. The van der Waals surface area contributed by atoms with Gasteiger partial charge in [0, 0.05) is 11.6 Å². The van der Waals surface area contributed by atoms with E-state index in [1.807, 2.05) is 54.6 Å². The Hall–Kier alpha value is -2.88. The molecule has 0 aliphatic rings. The molecule has 0 bridgehead atoms. The predicted molar refractivity (Wildman–Crippen MR) is 79.2 cm³/mol. The Bertz CT molecular complexity index is 976. The van der Waals surface area contributed by atoms with Crippen molar-refractivity contribution in [2.75, 3.05) is 0 Å². The lowest BCUT2D eigenvalue weighted by atomic mass is 10.1. The van der Waals surface area contributed by atoms with Gasteiger partial charge in [-0.25, -0.2) is 4.79 Å². The summed E-state index contributed by atoms with van der Waals surface area (Å²) in [6.45, 7) is 0. The lowest BCUT2D eigenvalue weighted by molar-refractivity contribution is 1.02. The van der Waals surface area contributed by atoms with Crippen molar-refractivity contribution in [1.29, 1.82) is 0 Å². The Labute approximate surface area is 114 Å². The first-order valence-electron chi connectivity index (χ1n) is 6.38. The van der Waals surface area contributed by atoms with Gasteiger partial charge < -0.3 is 4.98 Å². The number of rotatable bonds is 1. The molecule has 4 rings (SSSR count). The summed E-state index contributed by atoms with van der Waals surface area (Å²) in [6.07, 6.45) is 1.75. The van der Waals surface area contributed by atoms with E-state index in [0.29, 0.717) is 0 Å². The molecule has 1 N–H and O–H groups in total. The third-order valence-corrected chi connectivity index (χ3v) is 3.45. The summed E-state index contributed by atoms with van der Waals surface area (Å²) in [5.41, 5.74) is 3.29. The number of nitrogens with zero attached hydrogens (tertiary/aromatic N) is 2. The minimum Gasteiger partial charge on any atom is -0.305 e. The Morgan fingerprint density at radius 2 is 1.85 bits per heavy atom. The summed E-state index contributed by atoms with van der Waals surface area (Å²) in [4.78, 5) is 19.5. The number of hydrogen-bond donors (Lipinski definition) is 1. The van der Waals surface area contributed by atoms with E-state index in [1.54, 1.807) is 10.8 Å². The van der Waals surface area contributed by atoms with Gasteiger partial charge in [-0.3, -0.25) is 9.55 Å². The predicted octanol–water partition coefficient (Wildman–Crippen LogP) is 2.87. The number of para-hydroxylation sites is 2. The molecule has 0 amide bonds. The van der Waals surface area contributed by atoms with Crippen LogP contribution in [0.15, 0.2) is 65.6 Å². The number of aromatic nitrogens is 3. The molecule has 4 heteroatoms. The lowest BCUT2D eigenvalue weighted by Crippen LogP contribution is -2.14. The average Bonchev–Trinajstić information content (AvgIpc) is 2.82. The molecule has 0 saturated carbocycles. The van der Waals surface area contributed by atoms with Crippen molar-refractivity contribution in [1.82, 2.24) is 14.5 Å². The Kier molecular flexibility index (Phi) is 2.23. The summed E-state index contributed by atoms with van der Waals surface area (Å²) < 4.78 is 1.69. The summed E-state index contributed by atoms with van der Waals surface area (Å²) >= 11 is 0. The Morgan fingerprint density at radius 1 is 0.950 bits per heavy atom. The summed E-state index contributed by atoms with van der Waals surface area (Å²) in [7, 11) is 0. The molecule has 0 aliphatic carbocycles. The van der Waals surface area contributed by atoms with Crippen LogP contribution < -0.4 is 5.69 Å². The molecule has 0 fully saturated rings. The maximum atomic E-state index is 12.3. The van der Waals surface area contributed by atoms with E-state index >= 15 is 0 Å². The van der Waals surface area contributed by atoms with Gasteiger partial charge in [0.05, 0.1) is 22.2 Å². The number of imidazole rings is 1. The van der Waals surface area contributed by atoms with Crippen LogP contribution in [0.4, 0.5) is 0 Å². The van der Waals surface area contributed by atoms with Crippen molar-refractivity contribution in [3.05, 3.63) is 71.3 Å². The molecule has 4 aromatic rings. The zero-order chi connectivity index (χ0) is 13.5. The third kappa shape index (κ3) is 1.48. The molecule has 2 aromatic carbocycles. The number of benzene rings is 2. The molecular weight excluding hydrogens is 250 g/mol. The first-order chi connectivity index (χ1) is 9.84. The molecular formula is C16H11N3O. The van der Waals surface area contributed by atoms with E-state index in [-0.39, 0.29) is 5.69 Å². The van der Waals surface area contributed by atoms with Crippen LogP contribution in [-0.4, -0.2) is 14.5 Å². The van der Waals surface area contributed by atoms with Gasteiger partial charge in [0.15, 0.2) is 0 Å². The molecule has 0 atom stereocenters. The highest BCUT2D eigenvalue weighted by Gasteiger charge is 2.10. The summed E-state index contributed by atoms with van der Waals surface area (Å²) in [6, 6.07) is 17.3. The van der Waals surface area contributed by atoms with Gasteiger partial charge in [0.2, 0.25) is 0 Å². The topological polar surface area (TPSA) is 50.7 Å². The molecule has 0 unspecified atom stereocenters. The maximum Gasteiger partial charge on any atom is 0.331 e. The highest BCUT2D eigenvalue weighted by Crippen LogP contribution is 2.22. The Morgan fingerprint density at radius 3 is 2.80 bits per heavy atom. The van der Waals surface area contributed by atoms with E-state index in [9.17, 15) is 4.79 Å². The van der Waals surface area contributed by atoms with E-state index < -0.39 is 0 Å². The molecule has 0 spiro atoms. The maximum absolute atomic E-state index is 12.3. The van der Waals surface area contributed by atoms with E-state index in [0.717, 1.165) is 27.6 Å². The van der Waals surface area contributed by atoms with Crippen LogP contribution in [0.2, 0.25) is 0 Å². The Balaban J connectivity index is 2.17. The van der Waals surface area contributed by atoms with Crippen molar-refractivity contribution < 1.29 is 0 Å². The van der Waals surface area contributed by atoms with Crippen LogP contribution in [0.5, 0.6) is 0 Å². The second-order valence-corrected chi connectivity index (χ2v) is 4.63. The first-order valence-corrected chi connectivity index (χ1v) is 6.38.